The number of hydrogen-bond acceptors (Lipinski definition) is 3. The summed E-state index contributed by atoms with van der Waals surface area (Å²) in [5, 5.41) is 12.1. The van der Waals surface area contributed by atoms with E-state index >= 15 is 0 Å². The van der Waals surface area contributed by atoms with Crippen LogP contribution in [0.4, 0.5) is 5.82 Å². The highest BCUT2D eigenvalue weighted by atomic mass is 16.2. The number of aromatic nitrogens is 2. The molecule has 3 aromatic rings. The summed E-state index contributed by atoms with van der Waals surface area (Å²) in [6.45, 7) is 2.25. The fourth-order valence-electron chi connectivity index (χ4n) is 8.22. The van der Waals surface area contributed by atoms with Gasteiger partial charge in [-0.2, -0.15) is 5.10 Å². The summed E-state index contributed by atoms with van der Waals surface area (Å²) in [6, 6.07) is 21.2. The van der Waals surface area contributed by atoms with Crippen molar-refractivity contribution < 1.29 is 4.79 Å². The van der Waals surface area contributed by atoms with E-state index in [1.54, 1.807) is 6.20 Å². The van der Waals surface area contributed by atoms with E-state index in [9.17, 15) is 4.79 Å². The lowest BCUT2D eigenvalue weighted by atomic mass is 9.53. The zero-order chi connectivity index (χ0) is 23.6. The van der Waals surface area contributed by atoms with Crippen molar-refractivity contribution in [3.8, 4) is 0 Å². The van der Waals surface area contributed by atoms with Crippen molar-refractivity contribution in [2.45, 2.75) is 69.0 Å². The van der Waals surface area contributed by atoms with Gasteiger partial charge in [0.1, 0.15) is 11.4 Å². The molecule has 5 nitrogen and oxygen atoms in total. The highest BCUT2D eigenvalue weighted by Gasteiger charge is 2.52. The van der Waals surface area contributed by atoms with Crippen molar-refractivity contribution >= 4 is 11.7 Å². The van der Waals surface area contributed by atoms with E-state index in [4.69, 9.17) is 5.10 Å². The largest absolute Gasteiger partial charge is 0.363 e. The van der Waals surface area contributed by atoms with E-state index < -0.39 is 0 Å². The van der Waals surface area contributed by atoms with Crippen LogP contribution in [0.1, 0.15) is 79.4 Å². The van der Waals surface area contributed by atoms with Gasteiger partial charge in [0.15, 0.2) is 0 Å². The van der Waals surface area contributed by atoms with Gasteiger partial charge in [-0.1, -0.05) is 60.7 Å². The lowest BCUT2D eigenvalue weighted by molar-refractivity contribution is -0.0166. The van der Waals surface area contributed by atoms with E-state index in [-0.39, 0.29) is 23.0 Å². The quantitative estimate of drug-likeness (QED) is 0.503. The SMILES string of the molecule is CC1(c2ccccc2)CC(c2ccccc2)Nc2c(C(=O)NC34CC5CC(CC(C5)C3)C4)cnn21. The van der Waals surface area contributed by atoms with Gasteiger partial charge in [0.25, 0.3) is 5.91 Å². The van der Waals surface area contributed by atoms with Crippen molar-refractivity contribution in [2.24, 2.45) is 17.8 Å². The maximum absolute atomic E-state index is 13.8. The van der Waals surface area contributed by atoms with Crippen LogP contribution in [0.3, 0.4) is 0 Å². The van der Waals surface area contributed by atoms with Gasteiger partial charge in [-0.25, -0.2) is 4.68 Å². The minimum absolute atomic E-state index is 0.0170. The van der Waals surface area contributed by atoms with E-state index in [0.717, 1.165) is 49.3 Å². The highest BCUT2D eigenvalue weighted by molar-refractivity contribution is 5.99. The monoisotopic (exact) mass is 466 g/mol. The number of nitrogens with one attached hydrogen (secondary N) is 2. The van der Waals surface area contributed by atoms with Crippen molar-refractivity contribution in [1.82, 2.24) is 15.1 Å². The summed E-state index contributed by atoms with van der Waals surface area (Å²) in [5.41, 5.74) is 2.73. The van der Waals surface area contributed by atoms with E-state index in [0.29, 0.717) is 5.56 Å². The topological polar surface area (TPSA) is 59.0 Å². The molecule has 5 heteroatoms. The summed E-state index contributed by atoms with van der Waals surface area (Å²) >= 11 is 0. The van der Waals surface area contributed by atoms with Gasteiger partial charge in [-0.3, -0.25) is 4.79 Å². The predicted octanol–water partition coefficient (Wildman–Crippen LogP) is 5.90. The first-order chi connectivity index (χ1) is 17.0. The molecule has 2 unspecified atom stereocenters. The second kappa shape index (κ2) is 7.71. The van der Waals surface area contributed by atoms with Gasteiger partial charge < -0.3 is 10.6 Å². The fourth-order valence-corrected chi connectivity index (χ4v) is 8.22. The Kier molecular flexibility index (Phi) is 4.67. The minimum Gasteiger partial charge on any atom is -0.363 e. The van der Waals surface area contributed by atoms with Crippen molar-refractivity contribution in [3.63, 3.8) is 0 Å². The van der Waals surface area contributed by atoms with Gasteiger partial charge in [0, 0.05) is 12.0 Å². The lowest BCUT2D eigenvalue weighted by Gasteiger charge is -2.56. The molecular formula is C30H34N4O. The molecule has 8 rings (SSSR count). The van der Waals surface area contributed by atoms with Crippen LogP contribution in [-0.2, 0) is 5.54 Å². The Labute approximate surface area is 207 Å². The van der Waals surface area contributed by atoms with Crippen LogP contribution >= 0.6 is 0 Å². The second-order valence-corrected chi connectivity index (χ2v) is 11.9. The molecule has 4 fully saturated rings. The second-order valence-electron chi connectivity index (χ2n) is 11.9. The average molecular weight is 467 g/mol. The van der Waals surface area contributed by atoms with Crippen LogP contribution < -0.4 is 10.6 Å². The molecule has 1 aliphatic heterocycles. The normalized spacial score (nSPS) is 34.8. The summed E-state index contributed by atoms with van der Waals surface area (Å²) in [4.78, 5) is 13.8. The molecular weight excluding hydrogens is 432 g/mol. The zero-order valence-corrected chi connectivity index (χ0v) is 20.4. The number of benzene rings is 2. The summed E-state index contributed by atoms with van der Waals surface area (Å²) in [6.07, 6.45) is 10.2. The molecule has 2 heterocycles. The van der Waals surface area contributed by atoms with Crippen LogP contribution in [0, 0.1) is 17.8 Å². The molecule has 1 aromatic heterocycles. The average Bonchev–Trinajstić information content (AvgIpc) is 3.29. The minimum atomic E-state index is -0.360. The Bertz CT molecular complexity index is 1210. The molecule has 4 bridgehead atoms. The van der Waals surface area contributed by atoms with Gasteiger partial charge in [0.2, 0.25) is 0 Å². The van der Waals surface area contributed by atoms with E-state index in [1.165, 1.54) is 30.4 Å². The Morgan fingerprint density at radius 2 is 1.51 bits per heavy atom. The predicted molar refractivity (Wildman–Crippen MR) is 137 cm³/mol. The highest BCUT2D eigenvalue weighted by Crippen LogP contribution is 2.55. The van der Waals surface area contributed by atoms with Crippen LogP contribution in [0.2, 0.25) is 0 Å². The van der Waals surface area contributed by atoms with Gasteiger partial charge in [-0.15, -0.1) is 0 Å². The Morgan fingerprint density at radius 3 is 2.14 bits per heavy atom. The fraction of sp³-hybridized carbons (Fsp3) is 0.467. The van der Waals surface area contributed by atoms with Crippen LogP contribution in [0.5, 0.6) is 0 Å². The molecule has 2 N–H and O–H groups in total. The standard InChI is InChI=1S/C30H34N4O/c1-29(24-10-6-3-7-11-24)18-26(23-8-4-2-5-9-23)32-27-25(19-31-34(27)29)28(35)33-30-15-20-12-21(16-30)14-22(13-20)17-30/h2-11,19-22,26,32H,12-18H2,1H3,(H,33,35). The van der Waals surface area contributed by atoms with Crippen molar-refractivity contribution in [2.75, 3.05) is 5.32 Å². The molecule has 5 aliphatic rings. The summed E-state index contributed by atoms with van der Waals surface area (Å²) < 4.78 is 2.05. The molecule has 4 aliphatic carbocycles. The van der Waals surface area contributed by atoms with Gasteiger partial charge in [-0.05, 0) is 74.3 Å². The number of amides is 1. The van der Waals surface area contributed by atoms with Crippen molar-refractivity contribution in [3.05, 3.63) is 83.6 Å². The molecule has 0 spiro atoms. The number of hydrogen-bond donors (Lipinski definition) is 2. The third-order valence-corrected chi connectivity index (χ3v) is 9.41. The zero-order valence-electron chi connectivity index (χ0n) is 20.4. The lowest BCUT2D eigenvalue weighted by Crippen LogP contribution is -2.59. The third-order valence-electron chi connectivity index (χ3n) is 9.41. The Balaban J connectivity index is 1.26. The number of carbonyl (C=O) groups is 1. The molecule has 2 atom stereocenters. The smallest absolute Gasteiger partial charge is 0.257 e. The van der Waals surface area contributed by atoms with Gasteiger partial charge in [0.05, 0.1) is 17.8 Å². The van der Waals surface area contributed by atoms with Crippen LogP contribution in [-0.4, -0.2) is 21.2 Å². The number of nitrogens with zero attached hydrogens (tertiary/aromatic N) is 2. The Hall–Kier alpha value is -3.08. The first kappa shape index (κ1) is 21.2. The van der Waals surface area contributed by atoms with E-state index in [2.05, 4.69) is 82.9 Å². The van der Waals surface area contributed by atoms with Crippen molar-refractivity contribution in [1.29, 1.82) is 0 Å². The third kappa shape index (κ3) is 3.42. The van der Waals surface area contributed by atoms with Crippen LogP contribution in [0.15, 0.2) is 66.9 Å². The van der Waals surface area contributed by atoms with Crippen LogP contribution in [0.25, 0.3) is 0 Å². The van der Waals surface area contributed by atoms with Gasteiger partial charge >= 0.3 is 0 Å². The first-order valence-corrected chi connectivity index (χ1v) is 13.3. The molecule has 1 amide bonds. The molecule has 0 saturated heterocycles. The molecule has 0 radical (unpaired) electrons. The molecule has 35 heavy (non-hydrogen) atoms. The number of fused-ring (bicyclic) bond motifs is 1. The number of carbonyl (C=O) groups excluding carboxylic acids is 1. The summed E-state index contributed by atoms with van der Waals surface area (Å²) in [5.74, 6) is 3.25. The number of rotatable bonds is 4. The maximum atomic E-state index is 13.8. The molecule has 180 valence electrons. The summed E-state index contributed by atoms with van der Waals surface area (Å²) in [7, 11) is 0. The molecule has 4 saturated carbocycles. The Morgan fingerprint density at radius 1 is 0.914 bits per heavy atom. The van der Waals surface area contributed by atoms with E-state index in [1.807, 2.05) is 0 Å². The first-order valence-electron chi connectivity index (χ1n) is 13.3. The molecule has 2 aromatic carbocycles. The maximum Gasteiger partial charge on any atom is 0.257 e. The number of anilines is 1.